The Balaban J connectivity index is 2.60. The minimum atomic E-state index is -0.444. The van der Waals surface area contributed by atoms with Gasteiger partial charge in [0.05, 0.1) is 5.69 Å². The van der Waals surface area contributed by atoms with Crippen LogP contribution in [-0.2, 0) is 15.0 Å². The zero-order chi connectivity index (χ0) is 19.5. The molecule has 0 radical (unpaired) electrons. The van der Waals surface area contributed by atoms with E-state index in [2.05, 4.69) is 13.2 Å². The van der Waals surface area contributed by atoms with Crippen molar-refractivity contribution in [2.24, 2.45) is 0 Å². The lowest BCUT2D eigenvalue weighted by Gasteiger charge is -2.29. The number of imide groups is 1. The average Bonchev–Trinajstić information content (AvgIpc) is 2.61. The maximum absolute atomic E-state index is 13.2. The average molecular weight is 347 g/mol. The van der Waals surface area contributed by atoms with Gasteiger partial charge in [-0.1, -0.05) is 82.5 Å². The molecule has 0 aliphatic rings. The van der Waals surface area contributed by atoms with Gasteiger partial charge in [0.2, 0.25) is 0 Å². The molecule has 0 heterocycles. The van der Waals surface area contributed by atoms with E-state index >= 15 is 0 Å². The summed E-state index contributed by atoms with van der Waals surface area (Å²) in [5.41, 5.74) is 2.48. The Hall–Kier alpha value is -2.94. The van der Waals surface area contributed by atoms with Gasteiger partial charge in [-0.05, 0) is 29.5 Å². The van der Waals surface area contributed by atoms with Crippen LogP contribution in [0.5, 0.6) is 0 Å². The minimum absolute atomic E-state index is 0.238. The molecule has 26 heavy (non-hydrogen) atoms. The van der Waals surface area contributed by atoms with E-state index in [1.54, 1.807) is 25.1 Å². The molecule has 0 aliphatic carbocycles. The van der Waals surface area contributed by atoms with E-state index < -0.39 is 11.8 Å². The van der Waals surface area contributed by atoms with Gasteiger partial charge in [0.15, 0.2) is 0 Å². The molecule has 2 amide bonds. The highest BCUT2D eigenvalue weighted by molar-refractivity contribution is 6.35. The fourth-order valence-electron chi connectivity index (χ4n) is 2.70. The normalized spacial score (nSPS) is 10.9. The summed E-state index contributed by atoms with van der Waals surface area (Å²) in [6.45, 7) is 15.4. The molecule has 3 heteroatoms. The summed E-state index contributed by atoms with van der Waals surface area (Å²) in [5, 5.41) is 0. The van der Waals surface area contributed by atoms with Crippen LogP contribution in [-0.4, -0.2) is 11.8 Å². The van der Waals surface area contributed by atoms with Crippen LogP contribution in [0.2, 0.25) is 0 Å². The number of hydrogen-bond donors (Lipinski definition) is 0. The van der Waals surface area contributed by atoms with Crippen molar-refractivity contribution in [2.45, 2.75) is 33.1 Å². The molecular formula is C23H25NO2. The van der Waals surface area contributed by atoms with Gasteiger partial charge >= 0.3 is 0 Å². The molecule has 0 spiro atoms. The Labute approximate surface area is 155 Å². The number of nitrogens with zero attached hydrogens (tertiary/aromatic N) is 1. The quantitative estimate of drug-likeness (QED) is 0.719. The molecule has 2 aromatic carbocycles. The number of anilines is 1. The standard InChI is InChI=1S/C23H25NO2/c1-16(2)21(25)24(20-15-11-10-14-19(20)23(4,5)6)22(26)17(3)18-12-8-7-9-13-18/h7-15H,1,3H2,2,4-6H3. The van der Waals surface area contributed by atoms with E-state index in [0.29, 0.717) is 16.8 Å². The maximum atomic E-state index is 13.2. The lowest BCUT2D eigenvalue weighted by Crippen LogP contribution is -2.39. The first-order valence-corrected chi connectivity index (χ1v) is 8.52. The summed E-state index contributed by atoms with van der Waals surface area (Å²) < 4.78 is 0. The summed E-state index contributed by atoms with van der Waals surface area (Å²) in [6, 6.07) is 16.6. The monoisotopic (exact) mass is 347 g/mol. The Kier molecular flexibility index (Phi) is 5.61. The van der Waals surface area contributed by atoms with Crippen LogP contribution in [0.4, 0.5) is 5.69 Å². The largest absolute Gasteiger partial charge is 0.269 e. The van der Waals surface area contributed by atoms with Crippen molar-refractivity contribution in [3.05, 3.63) is 84.5 Å². The van der Waals surface area contributed by atoms with Crippen molar-refractivity contribution in [2.75, 3.05) is 4.90 Å². The number of rotatable bonds is 4. The zero-order valence-electron chi connectivity index (χ0n) is 15.9. The smallest absolute Gasteiger partial charge is 0.265 e. The van der Waals surface area contributed by atoms with Crippen LogP contribution in [0, 0.1) is 0 Å². The molecule has 2 aromatic rings. The number of amides is 2. The van der Waals surface area contributed by atoms with Crippen molar-refractivity contribution in [3.8, 4) is 0 Å². The van der Waals surface area contributed by atoms with Crippen LogP contribution >= 0.6 is 0 Å². The summed E-state index contributed by atoms with van der Waals surface area (Å²) in [5.74, 6) is -0.871. The predicted molar refractivity (Wildman–Crippen MR) is 108 cm³/mol. The molecule has 134 valence electrons. The summed E-state index contributed by atoms with van der Waals surface area (Å²) >= 11 is 0. The van der Waals surface area contributed by atoms with Crippen molar-refractivity contribution in [1.82, 2.24) is 0 Å². The lowest BCUT2D eigenvalue weighted by atomic mass is 9.85. The Morgan fingerprint density at radius 1 is 0.846 bits per heavy atom. The van der Waals surface area contributed by atoms with Crippen molar-refractivity contribution in [1.29, 1.82) is 0 Å². The second kappa shape index (κ2) is 7.52. The lowest BCUT2D eigenvalue weighted by molar-refractivity contribution is -0.121. The molecule has 0 N–H and O–H groups in total. The fourth-order valence-corrected chi connectivity index (χ4v) is 2.70. The Morgan fingerprint density at radius 2 is 1.38 bits per heavy atom. The third kappa shape index (κ3) is 3.99. The third-order valence-corrected chi connectivity index (χ3v) is 4.10. The Bertz CT molecular complexity index is 857. The molecule has 0 saturated heterocycles. The van der Waals surface area contributed by atoms with Gasteiger partial charge in [0, 0.05) is 11.1 Å². The van der Waals surface area contributed by atoms with E-state index in [4.69, 9.17) is 0 Å². The molecule has 0 atom stereocenters. The molecular weight excluding hydrogens is 322 g/mol. The second-order valence-electron chi connectivity index (χ2n) is 7.34. The Morgan fingerprint density at radius 3 is 1.92 bits per heavy atom. The van der Waals surface area contributed by atoms with Gasteiger partial charge in [0.25, 0.3) is 11.8 Å². The minimum Gasteiger partial charge on any atom is -0.269 e. The SMILES string of the molecule is C=C(C)C(=O)N(C(=O)C(=C)c1ccccc1)c1ccccc1C(C)(C)C. The van der Waals surface area contributed by atoms with Crippen LogP contribution in [0.3, 0.4) is 0 Å². The van der Waals surface area contributed by atoms with Gasteiger partial charge in [-0.3, -0.25) is 9.59 Å². The van der Waals surface area contributed by atoms with E-state index in [-0.39, 0.29) is 11.0 Å². The number of benzene rings is 2. The molecule has 0 unspecified atom stereocenters. The number of carbonyl (C=O) groups is 2. The predicted octanol–water partition coefficient (Wildman–Crippen LogP) is 5.13. The summed E-state index contributed by atoms with van der Waals surface area (Å²) in [4.78, 5) is 27.3. The number of hydrogen-bond acceptors (Lipinski definition) is 2. The first kappa shape index (κ1) is 19.4. The van der Waals surface area contributed by atoms with E-state index in [0.717, 1.165) is 5.56 Å². The highest BCUT2D eigenvalue weighted by Gasteiger charge is 2.30. The molecule has 0 fully saturated rings. The molecule has 0 saturated carbocycles. The molecule has 0 aliphatic heterocycles. The van der Waals surface area contributed by atoms with Crippen LogP contribution in [0.15, 0.2) is 73.3 Å². The molecule has 2 rings (SSSR count). The van der Waals surface area contributed by atoms with Crippen molar-refractivity contribution < 1.29 is 9.59 Å². The second-order valence-corrected chi connectivity index (χ2v) is 7.34. The van der Waals surface area contributed by atoms with Gasteiger partial charge in [-0.15, -0.1) is 0 Å². The zero-order valence-corrected chi connectivity index (χ0v) is 15.9. The van der Waals surface area contributed by atoms with E-state index in [1.807, 2.05) is 57.2 Å². The van der Waals surface area contributed by atoms with Gasteiger partial charge in [-0.25, -0.2) is 4.90 Å². The van der Waals surface area contributed by atoms with Gasteiger partial charge in [-0.2, -0.15) is 0 Å². The van der Waals surface area contributed by atoms with E-state index in [1.165, 1.54) is 4.90 Å². The van der Waals surface area contributed by atoms with Crippen LogP contribution in [0.25, 0.3) is 5.57 Å². The van der Waals surface area contributed by atoms with Crippen LogP contribution < -0.4 is 4.90 Å². The fraction of sp³-hybridized carbons (Fsp3) is 0.217. The number of para-hydroxylation sites is 1. The number of carbonyl (C=O) groups excluding carboxylic acids is 2. The molecule has 0 aromatic heterocycles. The molecule has 0 bridgehead atoms. The summed E-state index contributed by atoms with van der Waals surface area (Å²) in [6.07, 6.45) is 0. The topological polar surface area (TPSA) is 37.4 Å². The van der Waals surface area contributed by atoms with Crippen molar-refractivity contribution >= 4 is 23.1 Å². The third-order valence-electron chi connectivity index (χ3n) is 4.10. The van der Waals surface area contributed by atoms with E-state index in [9.17, 15) is 9.59 Å². The van der Waals surface area contributed by atoms with Crippen molar-refractivity contribution in [3.63, 3.8) is 0 Å². The maximum Gasteiger partial charge on any atom is 0.265 e. The first-order valence-electron chi connectivity index (χ1n) is 8.52. The highest BCUT2D eigenvalue weighted by atomic mass is 16.2. The van der Waals surface area contributed by atoms with Gasteiger partial charge < -0.3 is 0 Å². The summed E-state index contributed by atoms with van der Waals surface area (Å²) in [7, 11) is 0. The van der Waals surface area contributed by atoms with Gasteiger partial charge in [0.1, 0.15) is 0 Å². The highest BCUT2D eigenvalue weighted by Crippen LogP contribution is 2.34. The first-order chi connectivity index (χ1) is 12.1. The molecule has 3 nitrogen and oxygen atoms in total. The van der Waals surface area contributed by atoms with Crippen LogP contribution in [0.1, 0.15) is 38.8 Å².